The summed E-state index contributed by atoms with van der Waals surface area (Å²) in [6.07, 6.45) is 1.71. The molecule has 6 nitrogen and oxygen atoms in total. The first-order chi connectivity index (χ1) is 12.8. The molecule has 0 aliphatic rings. The van der Waals surface area contributed by atoms with Gasteiger partial charge in [-0.3, -0.25) is 9.59 Å². The van der Waals surface area contributed by atoms with Gasteiger partial charge in [-0.05, 0) is 49.4 Å². The van der Waals surface area contributed by atoms with Crippen LogP contribution in [-0.2, 0) is 14.4 Å². The predicted molar refractivity (Wildman–Crippen MR) is 110 cm³/mol. The maximum atomic E-state index is 12.3. The van der Waals surface area contributed by atoms with Crippen molar-refractivity contribution in [1.82, 2.24) is 0 Å². The van der Waals surface area contributed by atoms with E-state index in [9.17, 15) is 14.4 Å². The minimum absolute atomic E-state index is 0.138. The lowest BCUT2D eigenvalue weighted by Crippen LogP contribution is -2.22. The maximum Gasteiger partial charge on any atom is 0.328 e. The van der Waals surface area contributed by atoms with Crippen LogP contribution in [0.25, 0.3) is 0 Å². The van der Waals surface area contributed by atoms with Gasteiger partial charge in [-0.1, -0.05) is 22.0 Å². The van der Waals surface area contributed by atoms with Gasteiger partial charge in [-0.15, -0.1) is 11.8 Å². The third kappa shape index (κ3) is 7.28. The van der Waals surface area contributed by atoms with Crippen molar-refractivity contribution in [3.8, 4) is 0 Å². The van der Waals surface area contributed by atoms with Gasteiger partial charge in [0.15, 0.2) is 0 Å². The smallest absolute Gasteiger partial charge is 0.328 e. The van der Waals surface area contributed by atoms with Gasteiger partial charge < -0.3 is 15.7 Å². The molecule has 2 rings (SSSR count). The zero-order valence-corrected chi connectivity index (χ0v) is 16.7. The molecule has 0 radical (unpaired) electrons. The number of nitrogens with one attached hydrogen (secondary N) is 2. The van der Waals surface area contributed by atoms with Crippen LogP contribution in [-0.4, -0.2) is 28.1 Å². The minimum atomic E-state index is -1.19. The zero-order valence-electron chi connectivity index (χ0n) is 14.3. The second kappa shape index (κ2) is 9.94. The van der Waals surface area contributed by atoms with E-state index in [0.717, 1.165) is 21.5 Å². The number of anilines is 2. The summed E-state index contributed by atoms with van der Waals surface area (Å²) in [6, 6.07) is 14.3. The summed E-state index contributed by atoms with van der Waals surface area (Å²) >= 11 is 4.69. The largest absolute Gasteiger partial charge is 0.478 e. The Balaban J connectivity index is 1.96. The second-order valence-corrected chi connectivity index (χ2v) is 7.77. The van der Waals surface area contributed by atoms with E-state index < -0.39 is 11.9 Å². The van der Waals surface area contributed by atoms with Crippen molar-refractivity contribution in [3.63, 3.8) is 0 Å². The normalized spacial score (nSPS) is 11.8. The number of carbonyl (C=O) groups is 3. The van der Waals surface area contributed by atoms with Crippen LogP contribution in [0.3, 0.4) is 0 Å². The first-order valence-corrected chi connectivity index (χ1v) is 9.56. The number of amides is 2. The average molecular weight is 449 g/mol. The molecule has 8 heteroatoms. The van der Waals surface area contributed by atoms with Crippen LogP contribution >= 0.6 is 27.7 Å². The fourth-order valence-corrected chi connectivity index (χ4v) is 3.20. The molecular formula is C19H17BrN2O4S. The van der Waals surface area contributed by atoms with Gasteiger partial charge in [0, 0.05) is 32.9 Å². The zero-order chi connectivity index (χ0) is 19.8. The van der Waals surface area contributed by atoms with Crippen LogP contribution in [0.2, 0.25) is 0 Å². The highest BCUT2D eigenvalue weighted by Crippen LogP contribution is 2.27. The van der Waals surface area contributed by atoms with Crippen molar-refractivity contribution in [1.29, 1.82) is 0 Å². The lowest BCUT2D eigenvalue weighted by atomic mass is 10.3. The molecule has 1 unspecified atom stereocenters. The summed E-state index contributed by atoms with van der Waals surface area (Å²) in [7, 11) is 0. The molecule has 0 aliphatic heterocycles. The first kappa shape index (κ1) is 20.7. The van der Waals surface area contributed by atoms with E-state index >= 15 is 0 Å². The highest BCUT2D eigenvalue weighted by Gasteiger charge is 2.15. The maximum absolute atomic E-state index is 12.3. The van der Waals surface area contributed by atoms with Crippen molar-refractivity contribution in [2.24, 2.45) is 0 Å². The first-order valence-electron chi connectivity index (χ1n) is 7.88. The Bertz CT molecular complexity index is 868. The van der Waals surface area contributed by atoms with E-state index in [4.69, 9.17) is 5.11 Å². The third-order valence-corrected chi connectivity index (χ3v) is 4.90. The van der Waals surface area contributed by atoms with Gasteiger partial charge in [-0.25, -0.2) is 4.79 Å². The number of thioether (sulfide) groups is 1. The van der Waals surface area contributed by atoms with Gasteiger partial charge in [0.25, 0.3) is 0 Å². The highest BCUT2D eigenvalue weighted by molar-refractivity contribution is 9.10. The topological polar surface area (TPSA) is 95.5 Å². The summed E-state index contributed by atoms with van der Waals surface area (Å²) in [6.45, 7) is 1.79. The van der Waals surface area contributed by atoms with Gasteiger partial charge in [0.2, 0.25) is 11.8 Å². The minimum Gasteiger partial charge on any atom is -0.478 e. The number of rotatable bonds is 7. The molecule has 0 aromatic heterocycles. The van der Waals surface area contributed by atoms with E-state index in [-0.39, 0.29) is 11.2 Å². The Labute approximate surface area is 169 Å². The van der Waals surface area contributed by atoms with Crippen LogP contribution in [0.15, 0.2) is 70.1 Å². The molecule has 140 valence electrons. The standard InChI is InChI=1S/C19H17BrN2O4S/c1-12(19(26)22-14-7-5-13(20)6-8-14)27-16-4-2-3-15(11-16)21-17(23)9-10-18(24)25/h2-12H,1H3,(H,21,23)(H,22,26)(H,24,25)/b10-9+. The molecule has 27 heavy (non-hydrogen) atoms. The molecule has 0 heterocycles. The van der Waals surface area contributed by atoms with Crippen molar-refractivity contribution < 1.29 is 19.5 Å². The van der Waals surface area contributed by atoms with Gasteiger partial charge in [-0.2, -0.15) is 0 Å². The molecule has 2 aromatic rings. The average Bonchev–Trinajstić information content (AvgIpc) is 2.62. The van der Waals surface area contributed by atoms with Crippen molar-refractivity contribution >= 4 is 56.9 Å². The third-order valence-electron chi connectivity index (χ3n) is 3.27. The Kier molecular flexibility index (Phi) is 7.63. The van der Waals surface area contributed by atoms with Crippen LogP contribution in [0.4, 0.5) is 11.4 Å². The number of aliphatic carboxylic acids is 1. The predicted octanol–water partition coefficient (Wildman–Crippen LogP) is 4.15. The molecule has 0 fully saturated rings. The summed E-state index contributed by atoms with van der Waals surface area (Å²) in [5.41, 5.74) is 1.22. The SMILES string of the molecule is CC(Sc1cccc(NC(=O)/C=C/C(=O)O)c1)C(=O)Nc1ccc(Br)cc1. The number of carbonyl (C=O) groups excluding carboxylic acids is 2. The Morgan fingerprint density at radius 1 is 1.04 bits per heavy atom. The fourth-order valence-electron chi connectivity index (χ4n) is 2.01. The van der Waals surface area contributed by atoms with Gasteiger partial charge in [0.05, 0.1) is 5.25 Å². The van der Waals surface area contributed by atoms with E-state index in [0.29, 0.717) is 11.4 Å². The van der Waals surface area contributed by atoms with E-state index in [1.165, 1.54) is 11.8 Å². The molecule has 2 aromatic carbocycles. The molecule has 1 atom stereocenters. The number of hydrogen-bond donors (Lipinski definition) is 3. The molecule has 0 aliphatic carbocycles. The molecule has 3 N–H and O–H groups in total. The van der Waals surface area contributed by atoms with Crippen molar-refractivity contribution in [3.05, 3.63) is 65.2 Å². The highest BCUT2D eigenvalue weighted by atomic mass is 79.9. The quantitative estimate of drug-likeness (QED) is 0.436. The number of halogens is 1. The van der Waals surface area contributed by atoms with E-state index in [2.05, 4.69) is 26.6 Å². The van der Waals surface area contributed by atoms with Gasteiger partial charge >= 0.3 is 5.97 Å². The summed E-state index contributed by atoms with van der Waals surface area (Å²) in [4.78, 5) is 35.2. The Morgan fingerprint density at radius 3 is 2.41 bits per heavy atom. The van der Waals surface area contributed by atoms with Crippen LogP contribution in [0.1, 0.15) is 6.92 Å². The molecular weight excluding hydrogens is 432 g/mol. The molecule has 0 bridgehead atoms. The summed E-state index contributed by atoms with van der Waals surface area (Å²) in [5.74, 6) is -1.87. The Hall–Kier alpha value is -2.58. The number of hydrogen-bond acceptors (Lipinski definition) is 4. The van der Waals surface area contributed by atoms with Crippen LogP contribution in [0, 0.1) is 0 Å². The number of carboxylic acid groups (broad SMARTS) is 1. The lowest BCUT2D eigenvalue weighted by molar-refractivity contribution is -0.131. The second-order valence-electron chi connectivity index (χ2n) is 5.44. The summed E-state index contributed by atoms with van der Waals surface area (Å²) < 4.78 is 0.931. The lowest BCUT2D eigenvalue weighted by Gasteiger charge is -2.13. The number of carboxylic acids is 1. The van der Waals surface area contributed by atoms with Crippen molar-refractivity contribution in [2.75, 3.05) is 10.6 Å². The van der Waals surface area contributed by atoms with E-state index in [1.807, 2.05) is 18.2 Å². The number of benzene rings is 2. The molecule has 2 amide bonds. The van der Waals surface area contributed by atoms with Crippen molar-refractivity contribution in [2.45, 2.75) is 17.1 Å². The Morgan fingerprint density at radius 2 is 1.74 bits per heavy atom. The fraction of sp³-hybridized carbons (Fsp3) is 0.105. The molecule has 0 saturated heterocycles. The monoisotopic (exact) mass is 448 g/mol. The summed E-state index contributed by atoms with van der Waals surface area (Å²) in [5, 5.41) is 13.6. The van der Waals surface area contributed by atoms with E-state index in [1.54, 1.807) is 37.3 Å². The van der Waals surface area contributed by atoms with Crippen LogP contribution in [0.5, 0.6) is 0 Å². The molecule has 0 saturated carbocycles. The molecule has 0 spiro atoms. The van der Waals surface area contributed by atoms with Gasteiger partial charge in [0.1, 0.15) is 0 Å². The van der Waals surface area contributed by atoms with Crippen LogP contribution < -0.4 is 10.6 Å².